The molecule has 0 aromatic rings. The fourth-order valence-electron chi connectivity index (χ4n) is 5.24. The van der Waals surface area contributed by atoms with Crippen LogP contribution in [0, 0.1) is 17.3 Å². The smallest absolute Gasteiger partial charge is 0.223 e. The summed E-state index contributed by atoms with van der Waals surface area (Å²) in [5, 5.41) is 0. The third kappa shape index (κ3) is 5.19. The predicted molar refractivity (Wildman–Crippen MR) is 103 cm³/mol. The lowest BCUT2D eigenvalue weighted by atomic mass is 9.71. The first-order chi connectivity index (χ1) is 12.1. The van der Waals surface area contributed by atoms with Crippen LogP contribution < -0.4 is 5.73 Å². The van der Waals surface area contributed by atoms with Gasteiger partial charge in [0.25, 0.3) is 0 Å². The van der Waals surface area contributed by atoms with Gasteiger partial charge in [0.1, 0.15) is 0 Å². The number of carbonyl (C=O) groups is 1. The van der Waals surface area contributed by atoms with E-state index in [1.807, 2.05) is 0 Å². The van der Waals surface area contributed by atoms with Crippen LogP contribution in [0.15, 0.2) is 0 Å². The molecule has 1 saturated carbocycles. The van der Waals surface area contributed by atoms with Crippen molar-refractivity contribution in [1.82, 2.24) is 9.80 Å². The van der Waals surface area contributed by atoms with Crippen molar-refractivity contribution in [2.45, 2.75) is 71.1 Å². The number of hydrogen-bond donors (Lipinski definition) is 1. The van der Waals surface area contributed by atoms with Crippen LogP contribution in [0.3, 0.4) is 0 Å². The minimum absolute atomic E-state index is 0.102. The van der Waals surface area contributed by atoms with Crippen molar-refractivity contribution < 1.29 is 4.79 Å². The lowest BCUT2D eigenvalue weighted by Crippen LogP contribution is -2.47. The van der Waals surface area contributed by atoms with Gasteiger partial charge in [-0.15, -0.1) is 0 Å². The zero-order valence-corrected chi connectivity index (χ0v) is 16.3. The van der Waals surface area contributed by atoms with Gasteiger partial charge in [-0.05, 0) is 75.4 Å². The van der Waals surface area contributed by atoms with Crippen LogP contribution in [-0.4, -0.2) is 55.0 Å². The van der Waals surface area contributed by atoms with Crippen LogP contribution in [0.1, 0.15) is 71.1 Å². The molecule has 0 bridgehead atoms. The third-order valence-corrected chi connectivity index (χ3v) is 7.14. The van der Waals surface area contributed by atoms with E-state index in [1.54, 1.807) is 0 Å². The SMILES string of the molecule is CC1CCN(CC2CCCN(C(=O)CC3(CN)CCCCC3)C2)CC1. The number of nitrogens with zero attached hydrogens (tertiary/aromatic N) is 2. The van der Waals surface area contributed by atoms with E-state index in [0.29, 0.717) is 24.8 Å². The summed E-state index contributed by atoms with van der Waals surface area (Å²) < 4.78 is 0. The van der Waals surface area contributed by atoms with Gasteiger partial charge in [0, 0.05) is 26.1 Å². The molecule has 2 heterocycles. The second-order valence-corrected chi connectivity index (χ2v) is 9.27. The van der Waals surface area contributed by atoms with Gasteiger partial charge in [0.2, 0.25) is 5.91 Å². The largest absolute Gasteiger partial charge is 0.342 e. The Morgan fingerprint density at radius 3 is 2.44 bits per heavy atom. The molecule has 1 atom stereocenters. The van der Waals surface area contributed by atoms with Crippen molar-refractivity contribution in [2.24, 2.45) is 23.0 Å². The van der Waals surface area contributed by atoms with Crippen LogP contribution >= 0.6 is 0 Å². The summed E-state index contributed by atoms with van der Waals surface area (Å²) in [6.45, 7) is 8.69. The van der Waals surface area contributed by atoms with Gasteiger partial charge in [-0.1, -0.05) is 26.2 Å². The Morgan fingerprint density at radius 1 is 1.04 bits per heavy atom. The number of likely N-dealkylation sites (tertiary alicyclic amines) is 2. The number of amides is 1. The van der Waals surface area contributed by atoms with E-state index in [2.05, 4.69) is 16.7 Å². The van der Waals surface area contributed by atoms with Crippen molar-refractivity contribution in [3.05, 3.63) is 0 Å². The van der Waals surface area contributed by atoms with Crippen molar-refractivity contribution >= 4 is 5.91 Å². The van der Waals surface area contributed by atoms with E-state index >= 15 is 0 Å². The molecule has 4 heteroatoms. The first-order valence-electron chi connectivity index (χ1n) is 10.8. The normalized spacial score (nSPS) is 28.9. The topological polar surface area (TPSA) is 49.6 Å². The molecule has 0 spiro atoms. The first-order valence-corrected chi connectivity index (χ1v) is 10.8. The summed E-state index contributed by atoms with van der Waals surface area (Å²) in [5.74, 6) is 1.94. The molecular weight excluding hydrogens is 310 g/mol. The van der Waals surface area contributed by atoms with Crippen molar-refractivity contribution in [2.75, 3.05) is 39.3 Å². The van der Waals surface area contributed by atoms with Crippen molar-refractivity contribution in [3.8, 4) is 0 Å². The zero-order chi connectivity index (χ0) is 17.7. The Hall–Kier alpha value is -0.610. The standard InChI is InChI=1S/C21H39N3O/c1-18-7-12-23(13-8-18)15-19-6-5-11-24(16-19)20(25)14-21(17-22)9-3-2-4-10-21/h18-19H,2-17,22H2,1H3. The molecular formula is C21H39N3O. The number of piperidine rings is 2. The lowest BCUT2D eigenvalue weighted by Gasteiger charge is -2.40. The Labute approximate surface area is 154 Å². The molecule has 3 rings (SSSR count). The van der Waals surface area contributed by atoms with E-state index in [0.717, 1.165) is 31.8 Å². The van der Waals surface area contributed by atoms with Gasteiger partial charge in [0.15, 0.2) is 0 Å². The van der Waals surface area contributed by atoms with Gasteiger partial charge in [-0.25, -0.2) is 0 Å². The molecule has 3 aliphatic rings. The molecule has 0 aromatic carbocycles. The minimum Gasteiger partial charge on any atom is -0.342 e. The van der Waals surface area contributed by atoms with Crippen LogP contribution in [0.25, 0.3) is 0 Å². The molecule has 2 aliphatic heterocycles. The van der Waals surface area contributed by atoms with Gasteiger partial charge in [-0.3, -0.25) is 4.79 Å². The predicted octanol–water partition coefficient (Wildman–Crippen LogP) is 3.26. The first kappa shape index (κ1) is 19.2. The van der Waals surface area contributed by atoms with E-state index in [-0.39, 0.29) is 5.41 Å². The van der Waals surface area contributed by atoms with E-state index < -0.39 is 0 Å². The van der Waals surface area contributed by atoms with Crippen LogP contribution in [0.4, 0.5) is 0 Å². The Balaban J connectivity index is 1.49. The maximum Gasteiger partial charge on any atom is 0.223 e. The number of hydrogen-bond acceptors (Lipinski definition) is 3. The van der Waals surface area contributed by atoms with Crippen LogP contribution in [-0.2, 0) is 4.79 Å². The summed E-state index contributed by atoms with van der Waals surface area (Å²) in [7, 11) is 0. The average Bonchev–Trinajstić information content (AvgIpc) is 2.64. The summed E-state index contributed by atoms with van der Waals surface area (Å²) in [6.07, 6.45) is 12.0. The molecule has 2 N–H and O–H groups in total. The Bertz CT molecular complexity index is 425. The molecule has 25 heavy (non-hydrogen) atoms. The van der Waals surface area contributed by atoms with Crippen molar-refractivity contribution in [3.63, 3.8) is 0 Å². The van der Waals surface area contributed by atoms with E-state index in [1.165, 1.54) is 64.6 Å². The summed E-state index contributed by atoms with van der Waals surface area (Å²) in [6, 6.07) is 0. The molecule has 4 nitrogen and oxygen atoms in total. The highest BCUT2D eigenvalue weighted by molar-refractivity contribution is 5.77. The third-order valence-electron chi connectivity index (χ3n) is 7.14. The molecule has 1 unspecified atom stereocenters. The molecule has 1 aliphatic carbocycles. The van der Waals surface area contributed by atoms with Gasteiger partial charge < -0.3 is 15.5 Å². The molecule has 3 fully saturated rings. The highest BCUT2D eigenvalue weighted by atomic mass is 16.2. The van der Waals surface area contributed by atoms with E-state index in [9.17, 15) is 4.79 Å². The zero-order valence-electron chi connectivity index (χ0n) is 16.3. The monoisotopic (exact) mass is 349 g/mol. The van der Waals surface area contributed by atoms with Gasteiger partial charge in [0.05, 0.1) is 0 Å². The summed E-state index contributed by atoms with van der Waals surface area (Å²) in [4.78, 5) is 17.8. The number of carbonyl (C=O) groups excluding carboxylic acids is 1. The highest BCUT2D eigenvalue weighted by Crippen LogP contribution is 2.39. The second-order valence-electron chi connectivity index (χ2n) is 9.27. The van der Waals surface area contributed by atoms with Crippen LogP contribution in [0.5, 0.6) is 0 Å². The molecule has 0 radical (unpaired) electrons. The Morgan fingerprint density at radius 2 is 1.76 bits per heavy atom. The fraction of sp³-hybridized carbons (Fsp3) is 0.952. The Kier molecular flexibility index (Phi) is 6.79. The van der Waals surface area contributed by atoms with E-state index in [4.69, 9.17) is 5.73 Å². The van der Waals surface area contributed by atoms with Gasteiger partial charge in [-0.2, -0.15) is 0 Å². The number of nitrogens with two attached hydrogens (primary N) is 1. The summed E-state index contributed by atoms with van der Waals surface area (Å²) in [5.41, 5.74) is 6.20. The maximum atomic E-state index is 13.0. The molecule has 1 amide bonds. The van der Waals surface area contributed by atoms with Crippen molar-refractivity contribution in [1.29, 1.82) is 0 Å². The average molecular weight is 350 g/mol. The quantitative estimate of drug-likeness (QED) is 0.829. The molecule has 0 aromatic heterocycles. The maximum absolute atomic E-state index is 13.0. The highest BCUT2D eigenvalue weighted by Gasteiger charge is 2.35. The van der Waals surface area contributed by atoms with Crippen LogP contribution in [0.2, 0.25) is 0 Å². The minimum atomic E-state index is 0.102. The summed E-state index contributed by atoms with van der Waals surface area (Å²) >= 11 is 0. The molecule has 144 valence electrons. The molecule has 2 saturated heterocycles. The number of rotatable bonds is 5. The lowest BCUT2D eigenvalue weighted by molar-refractivity contribution is -0.136. The van der Waals surface area contributed by atoms with Gasteiger partial charge >= 0.3 is 0 Å². The second kappa shape index (κ2) is 8.85. The fourth-order valence-corrected chi connectivity index (χ4v) is 5.24.